The zero-order valence-electron chi connectivity index (χ0n) is 12.6. The Balaban J connectivity index is 1.99. The first kappa shape index (κ1) is 14.1. The lowest BCUT2D eigenvalue weighted by atomic mass is 9.80. The predicted octanol–water partition coefficient (Wildman–Crippen LogP) is 2.05. The van der Waals surface area contributed by atoms with Crippen LogP contribution in [0.5, 0.6) is 0 Å². The van der Waals surface area contributed by atoms with Crippen molar-refractivity contribution < 1.29 is 9.59 Å². The molecule has 0 spiro atoms. The Kier molecular flexibility index (Phi) is 3.47. The van der Waals surface area contributed by atoms with Crippen LogP contribution in [0, 0.1) is 5.92 Å². The van der Waals surface area contributed by atoms with Crippen molar-refractivity contribution in [3.8, 4) is 0 Å². The standard InChI is InChI=1S/C17H22N2O2/c1-12-15(20)19(11-13-7-6-8-13)17(2,16(21)18-12)14-9-4-3-5-10-14/h3-5,9-10,12-13H,6-8,11H2,1-2H3,(H,18,21). The Bertz CT molecular complexity index is 553. The van der Waals surface area contributed by atoms with E-state index in [9.17, 15) is 9.59 Å². The van der Waals surface area contributed by atoms with Crippen molar-refractivity contribution >= 4 is 11.8 Å². The Hall–Kier alpha value is -1.84. The van der Waals surface area contributed by atoms with Crippen LogP contribution in [-0.2, 0) is 15.1 Å². The molecular weight excluding hydrogens is 264 g/mol. The number of nitrogens with one attached hydrogen (secondary N) is 1. The van der Waals surface area contributed by atoms with E-state index in [1.54, 1.807) is 11.8 Å². The molecule has 2 atom stereocenters. The van der Waals surface area contributed by atoms with Crippen molar-refractivity contribution in [2.45, 2.75) is 44.7 Å². The average Bonchev–Trinajstić information content (AvgIpc) is 2.44. The van der Waals surface area contributed by atoms with E-state index in [0.717, 1.165) is 18.4 Å². The summed E-state index contributed by atoms with van der Waals surface area (Å²) in [6, 6.07) is 9.17. The van der Waals surface area contributed by atoms with Gasteiger partial charge in [0.1, 0.15) is 11.6 Å². The van der Waals surface area contributed by atoms with E-state index in [4.69, 9.17) is 0 Å². The summed E-state index contributed by atoms with van der Waals surface area (Å²) in [7, 11) is 0. The van der Waals surface area contributed by atoms with Gasteiger partial charge in [0, 0.05) is 6.54 Å². The maximum Gasteiger partial charge on any atom is 0.250 e. The second-order valence-electron chi connectivity index (χ2n) is 6.38. The Labute approximate surface area is 125 Å². The molecule has 3 rings (SSSR count). The normalized spacial score (nSPS) is 30.0. The smallest absolute Gasteiger partial charge is 0.250 e. The van der Waals surface area contributed by atoms with Crippen molar-refractivity contribution in [1.82, 2.24) is 10.2 Å². The van der Waals surface area contributed by atoms with Gasteiger partial charge in [-0.3, -0.25) is 9.59 Å². The zero-order valence-corrected chi connectivity index (χ0v) is 12.6. The van der Waals surface area contributed by atoms with Gasteiger partial charge in [-0.15, -0.1) is 0 Å². The first-order valence-corrected chi connectivity index (χ1v) is 7.71. The van der Waals surface area contributed by atoms with Crippen molar-refractivity contribution in [3.05, 3.63) is 35.9 Å². The molecule has 0 aromatic heterocycles. The highest BCUT2D eigenvalue weighted by molar-refractivity contribution is 6.00. The van der Waals surface area contributed by atoms with Gasteiger partial charge in [0.05, 0.1) is 0 Å². The summed E-state index contributed by atoms with van der Waals surface area (Å²) in [4.78, 5) is 27.1. The number of nitrogens with zero attached hydrogens (tertiary/aromatic N) is 1. The summed E-state index contributed by atoms with van der Waals surface area (Å²) in [5.41, 5.74) is -0.0254. The van der Waals surface area contributed by atoms with Crippen molar-refractivity contribution in [1.29, 1.82) is 0 Å². The maximum atomic E-state index is 12.7. The number of rotatable bonds is 3. The van der Waals surface area contributed by atoms with Crippen LogP contribution in [0.15, 0.2) is 30.3 Å². The lowest BCUT2D eigenvalue weighted by Gasteiger charge is -2.48. The van der Waals surface area contributed by atoms with Gasteiger partial charge in [0.25, 0.3) is 5.91 Å². The van der Waals surface area contributed by atoms with Crippen molar-refractivity contribution in [2.75, 3.05) is 6.54 Å². The molecule has 1 aromatic carbocycles. The first-order chi connectivity index (χ1) is 10.0. The second-order valence-corrected chi connectivity index (χ2v) is 6.38. The van der Waals surface area contributed by atoms with Crippen LogP contribution in [0.1, 0.15) is 38.7 Å². The third kappa shape index (κ3) is 2.23. The highest BCUT2D eigenvalue weighted by Gasteiger charge is 2.50. The van der Waals surface area contributed by atoms with Gasteiger partial charge in [-0.2, -0.15) is 0 Å². The van der Waals surface area contributed by atoms with Gasteiger partial charge in [0.15, 0.2) is 0 Å². The summed E-state index contributed by atoms with van der Waals surface area (Å²) in [5.74, 6) is 0.475. The van der Waals surface area contributed by atoms with E-state index in [1.807, 2.05) is 37.3 Å². The van der Waals surface area contributed by atoms with E-state index in [2.05, 4.69) is 5.32 Å². The molecule has 112 valence electrons. The molecule has 1 aliphatic heterocycles. The van der Waals surface area contributed by atoms with E-state index in [1.165, 1.54) is 6.42 Å². The second kappa shape index (κ2) is 5.17. The van der Waals surface area contributed by atoms with Gasteiger partial charge in [0.2, 0.25) is 5.91 Å². The van der Waals surface area contributed by atoms with Gasteiger partial charge in [-0.25, -0.2) is 0 Å². The molecule has 2 amide bonds. The fourth-order valence-corrected chi connectivity index (χ4v) is 3.23. The summed E-state index contributed by atoms with van der Waals surface area (Å²) < 4.78 is 0. The third-order valence-electron chi connectivity index (χ3n) is 4.97. The molecule has 4 heteroatoms. The lowest BCUT2D eigenvalue weighted by molar-refractivity contribution is -0.158. The SMILES string of the molecule is CC1NC(=O)C(C)(c2ccccc2)N(CC2CCC2)C1=O. The number of amides is 2. The average molecular weight is 286 g/mol. The maximum absolute atomic E-state index is 12.7. The van der Waals surface area contributed by atoms with Gasteiger partial charge in [-0.1, -0.05) is 36.8 Å². The number of hydrogen-bond donors (Lipinski definition) is 1. The number of hydrogen-bond acceptors (Lipinski definition) is 2. The van der Waals surface area contributed by atoms with Crippen LogP contribution >= 0.6 is 0 Å². The minimum Gasteiger partial charge on any atom is -0.342 e. The molecule has 1 saturated carbocycles. The fourth-order valence-electron chi connectivity index (χ4n) is 3.23. The highest BCUT2D eigenvalue weighted by atomic mass is 16.2. The molecule has 21 heavy (non-hydrogen) atoms. The number of carbonyl (C=O) groups excluding carboxylic acids is 2. The van der Waals surface area contributed by atoms with Crippen LogP contribution in [0.25, 0.3) is 0 Å². The van der Waals surface area contributed by atoms with Crippen molar-refractivity contribution in [2.24, 2.45) is 5.92 Å². The quantitative estimate of drug-likeness (QED) is 0.924. The molecule has 1 N–H and O–H groups in total. The summed E-state index contributed by atoms with van der Waals surface area (Å²) in [6.07, 6.45) is 3.55. The van der Waals surface area contributed by atoms with Crippen molar-refractivity contribution in [3.63, 3.8) is 0 Å². The van der Waals surface area contributed by atoms with Gasteiger partial charge < -0.3 is 10.2 Å². The van der Waals surface area contributed by atoms with Crippen LogP contribution in [0.2, 0.25) is 0 Å². The third-order valence-corrected chi connectivity index (χ3v) is 4.97. The molecule has 2 unspecified atom stereocenters. The Morgan fingerprint density at radius 3 is 2.48 bits per heavy atom. The fraction of sp³-hybridized carbons (Fsp3) is 0.529. The Morgan fingerprint density at radius 2 is 1.90 bits per heavy atom. The number of carbonyl (C=O) groups is 2. The molecule has 4 nitrogen and oxygen atoms in total. The number of piperazine rings is 1. The van der Waals surface area contributed by atoms with Gasteiger partial charge in [-0.05, 0) is 38.2 Å². The first-order valence-electron chi connectivity index (χ1n) is 7.71. The highest BCUT2D eigenvalue weighted by Crippen LogP contribution is 2.36. The Morgan fingerprint density at radius 1 is 1.24 bits per heavy atom. The van der Waals surface area contributed by atoms with E-state index < -0.39 is 11.6 Å². The van der Waals surface area contributed by atoms with E-state index in [0.29, 0.717) is 12.5 Å². The largest absolute Gasteiger partial charge is 0.342 e. The summed E-state index contributed by atoms with van der Waals surface area (Å²) in [5, 5.41) is 2.83. The van der Waals surface area contributed by atoms with Crippen LogP contribution < -0.4 is 5.32 Å². The monoisotopic (exact) mass is 286 g/mol. The lowest BCUT2D eigenvalue weighted by Crippen LogP contribution is -2.67. The minimum atomic E-state index is -0.902. The minimum absolute atomic E-state index is 0.0212. The molecule has 2 aliphatic rings. The molecule has 0 bridgehead atoms. The molecule has 1 aromatic rings. The molecule has 1 saturated heterocycles. The summed E-state index contributed by atoms with van der Waals surface area (Å²) >= 11 is 0. The predicted molar refractivity (Wildman–Crippen MR) is 80.5 cm³/mol. The molecule has 0 radical (unpaired) electrons. The molecule has 1 aliphatic carbocycles. The topological polar surface area (TPSA) is 49.4 Å². The van der Waals surface area contributed by atoms with E-state index >= 15 is 0 Å². The summed E-state index contributed by atoms with van der Waals surface area (Å²) in [6.45, 7) is 4.31. The van der Waals surface area contributed by atoms with Crippen LogP contribution in [0.3, 0.4) is 0 Å². The zero-order chi connectivity index (χ0) is 15.0. The van der Waals surface area contributed by atoms with Crippen LogP contribution in [0.4, 0.5) is 0 Å². The van der Waals surface area contributed by atoms with Gasteiger partial charge >= 0.3 is 0 Å². The molecule has 1 heterocycles. The molecular formula is C17H22N2O2. The number of benzene rings is 1. The molecule has 2 fully saturated rings. The van der Waals surface area contributed by atoms with E-state index in [-0.39, 0.29) is 11.8 Å². The van der Waals surface area contributed by atoms with Crippen LogP contribution in [-0.4, -0.2) is 29.3 Å².